The van der Waals surface area contributed by atoms with Crippen molar-refractivity contribution in [3.8, 4) is 0 Å². The summed E-state index contributed by atoms with van der Waals surface area (Å²) in [6.07, 6.45) is 1.81. The van der Waals surface area contributed by atoms with Gasteiger partial charge in [0.1, 0.15) is 6.04 Å². The molecule has 2 aromatic carbocycles. The summed E-state index contributed by atoms with van der Waals surface area (Å²) in [4.78, 5) is 38.3. The summed E-state index contributed by atoms with van der Waals surface area (Å²) < 4.78 is 28.2. The smallest absolute Gasteiger partial charge is 0.243 e. The van der Waals surface area contributed by atoms with Gasteiger partial charge in [0, 0.05) is 29.2 Å². The van der Waals surface area contributed by atoms with Crippen LogP contribution in [0.4, 0.5) is 0 Å². The van der Waals surface area contributed by atoms with Crippen LogP contribution in [0.2, 0.25) is 5.02 Å². The number of benzene rings is 2. The van der Waals surface area contributed by atoms with Crippen molar-refractivity contribution in [2.75, 3.05) is 13.1 Å². The van der Waals surface area contributed by atoms with Crippen LogP contribution in [0, 0.1) is 5.92 Å². The second-order valence-corrected chi connectivity index (χ2v) is 10.3. The van der Waals surface area contributed by atoms with Gasteiger partial charge in [-0.05, 0) is 49.9 Å². The standard InChI is InChI=1S/C23H23ClN2O5S/c24-15-8-10-16(11-9-15)32(30,31)26(20-7-3-4-13-25-23(20)29)14-12-19-21(27)17-5-1-2-6-18(17)22(19)28/h1-2,5-6,8-11,19-20H,3-4,7,12-14H2,(H,25,29)/t20-/m1/s1. The molecule has 2 aliphatic rings. The van der Waals surface area contributed by atoms with Crippen LogP contribution in [-0.4, -0.2) is 49.3 Å². The van der Waals surface area contributed by atoms with Crippen LogP contribution in [0.3, 0.4) is 0 Å². The number of nitrogens with one attached hydrogen (secondary N) is 1. The van der Waals surface area contributed by atoms with Crippen molar-refractivity contribution in [3.63, 3.8) is 0 Å². The minimum atomic E-state index is -4.07. The maximum Gasteiger partial charge on any atom is 0.243 e. The molecule has 1 N–H and O–H groups in total. The van der Waals surface area contributed by atoms with E-state index in [1.807, 2.05) is 0 Å². The molecule has 4 rings (SSSR count). The molecule has 0 saturated carbocycles. The predicted octanol–water partition coefficient (Wildman–Crippen LogP) is 3.08. The first kappa shape index (κ1) is 22.6. The molecule has 1 aliphatic heterocycles. The first-order chi connectivity index (χ1) is 15.3. The van der Waals surface area contributed by atoms with E-state index in [9.17, 15) is 22.8 Å². The zero-order valence-electron chi connectivity index (χ0n) is 17.3. The lowest BCUT2D eigenvalue weighted by molar-refractivity contribution is -0.124. The lowest BCUT2D eigenvalue weighted by Crippen LogP contribution is -2.49. The lowest BCUT2D eigenvalue weighted by atomic mass is 9.99. The minimum absolute atomic E-state index is 0.00292. The maximum absolute atomic E-state index is 13.5. The van der Waals surface area contributed by atoms with Gasteiger partial charge in [-0.3, -0.25) is 14.4 Å². The summed E-state index contributed by atoms with van der Waals surface area (Å²) in [6.45, 7) is 0.359. The van der Waals surface area contributed by atoms with Crippen molar-refractivity contribution >= 4 is 39.1 Å². The van der Waals surface area contributed by atoms with Crippen molar-refractivity contribution in [1.82, 2.24) is 9.62 Å². The monoisotopic (exact) mass is 474 g/mol. The Kier molecular flexibility index (Phi) is 6.46. The fourth-order valence-corrected chi connectivity index (χ4v) is 6.07. The highest BCUT2D eigenvalue weighted by atomic mass is 35.5. The molecule has 1 atom stereocenters. The van der Waals surface area contributed by atoms with Crippen molar-refractivity contribution in [1.29, 1.82) is 0 Å². The molecule has 2 aromatic rings. The summed E-state index contributed by atoms with van der Waals surface area (Å²) in [5, 5.41) is 3.16. The summed E-state index contributed by atoms with van der Waals surface area (Å²) in [5.74, 6) is -1.93. The zero-order valence-corrected chi connectivity index (χ0v) is 18.9. The van der Waals surface area contributed by atoms with Gasteiger partial charge in [-0.25, -0.2) is 8.42 Å². The number of carbonyl (C=O) groups excluding carboxylic acids is 3. The third kappa shape index (κ3) is 4.22. The third-order valence-corrected chi connectivity index (χ3v) is 8.18. The van der Waals surface area contributed by atoms with Crippen molar-refractivity contribution in [3.05, 3.63) is 64.7 Å². The number of Topliss-reactive ketones (excluding diaryl/α,β-unsaturated/α-hetero) is 2. The van der Waals surface area contributed by atoms with Gasteiger partial charge < -0.3 is 5.32 Å². The number of amides is 1. The lowest BCUT2D eigenvalue weighted by Gasteiger charge is -2.29. The Bertz CT molecular complexity index is 1130. The van der Waals surface area contributed by atoms with Crippen molar-refractivity contribution in [2.24, 2.45) is 5.92 Å². The summed E-state index contributed by atoms with van der Waals surface area (Å²) >= 11 is 5.91. The number of fused-ring (bicyclic) bond motifs is 1. The van der Waals surface area contributed by atoms with Gasteiger partial charge in [-0.2, -0.15) is 4.31 Å². The van der Waals surface area contributed by atoms with Crippen LogP contribution in [0.1, 0.15) is 46.4 Å². The Morgan fingerprint density at radius 3 is 2.19 bits per heavy atom. The number of nitrogens with zero attached hydrogens (tertiary/aromatic N) is 1. The molecular weight excluding hydrogens is 452 g/mol. The molecule has 7 nitrogen and oxygen atoms in total. The molecule has 0 bridgehead atoms. The van der Waals surface area contributed by atoms with Gasteiger partial charge >= 0.3 is 0 Å². The van der Waals surface area contributed by atoms with E-state index in [-0.39, 0.29) is 35.3 Å². The van der Waals surface area contributed by atoms with Gasteiger partial charge in [0.15, 0.2) is 11.6 Å². The van der Waals surface area contributed by atoms with E-state index in [1.54, 1.807) is 24.3 Å². The highest BCUT2D eigenvalue weighted by Gasteiger charge is 2.41. The van der Waals surface area contributed by atoms with Crippen LogP contribution >= 0.6 is 11.6 Å². The van der Waals surface area contributed by atoms with Crippen LogP contribution in [-0.2, 0) is 14.8 Å². The van der Waals surface area contributed by atoms with Crippen LogP contribution in [0.25, 0.3) is 0 Å². The molecule has 1 heterocycles. The molecule has 0 radical (unpaired) electrons. The number of rotatable bonds is 6. The molecule has 0 spiro atoms. The molecular formula is C23H23ClN2O5S. The van der Waals surface area contributed by atoms with E-state index in [4.69, 9.17) is 11.6 Å². The SMILES string of the molecule is O=C1c2ccccc2C(=O)C1CCN([C@@H]1CCCCNC1=O)S(=O)(=O)c1ccc(Cl)cc1. The van der Waals surface area contributed by atoms with E-state index in [0.29, 0.717) is 35.5 Å². The van der Waals surface area contributed by atoms with Crippen LogP contribution in [0.15, 0.2) is 53.4 Å². The van der Waals surface area contributed by atoms with E-state index >= 15 is 0 Å². The Balaban J connectivity index is 1.64. The second kappa shape index (κ2) is 9.13. The van der Waals surface area contributed by atoms with Crippen molar-refractivity contribution < 1.29 is 22.8 Å². The highest BCUT2D eigenvalue weighted by molar-refractivity contribution is 7.89. The third-order valence-electron chi connectivity index (χ3n) is 6.00. The Morgan fingerprint density at radius 1 is 0.938 bits per heavy atom. The normalized spacial score (nSPS) is 19.7. The molecule has 1 aliphatic carbocycles. The average molecular weight is 475 g/mol. The van der Waals surface area contributed by atoms with Crippen molar-refractivity contribution in [2.45, 2.75) is 36.6 Å². The molecule has 168 valence electrons. The quantitative estimate of drug-likeness (QED) is 0.648. The molecule has 1 amide bonds. The van der Waals surface area contributed by atoms with Gasteiger partial charge in [0.05, 0.1) is 10.8 Å². The van der Waals surface area contributed by atoms with Gasteiger partial charge in [-0.1, -0.05) is 35.9 Å². The zero-order chi connectivity index (χ0) is 22.9. The summed E-state index contributed by atoms with van der Waals surface area (Å²) in [7, 11) is -4.07. The number of sulfonamides is 1. The number of hydrogen-bond donors (Lipinski definition) is 1. The van der Waals surface area contributed by atoms with E-state index in [1.165, 1.54) is 24.3 Å². The second-order valence-electron chi connectivity index (χ2n) is 7.99. The maximum atomic E-state index is 13.5. The number of carbonyl (C=O) groups is 3. The average Bonchev–Trinajstić information content (AvgIpc) is 2.90. The minimum Gasteiger partial charge on any atom is -0.355 e. The predicted molar refractivity (Wildman–Crippen MR) is 119 cm³/mol. The summed E-state index contributed by atoms with van der Waals surface area (Å²) in [5.41, 5.74) is 0.726. The van der Waals surface area contributed by atoms with Crippen LogP contribution in [0.5, 0.6) is 0 Å². The molecule has 32 heavy (non-hydrogen) atoms. The number of hydrogen-bond acceptors (Lipinski definition) is 5. The van der Waals surface area contributed by atoms with Crippen LogP contribution < -0.4 is 5.32 Å². The van der Waals surface area contributed by atoms with E-state index in [0.717, 1.165) is 10.7 Å². The Morgan fingerprint density at radius 2 is 1.56 bits per heavy atom. The van der Waals surface area contributed by atoms with E-state index in [2.05, 4.69) is 5.32 Å². The fourth-order valence-electron chi connectivity index (χ4n) is 4.31. The molecule has 1 saturated heterocycles. The first-order valence-corrected chi connectivity index (χ1v) is 12.3. The molecule has 0 unspecified atom stereocenters. The topological polar surface area (TPSA) is 101 Å². The number of halogens is 1. The molecule has 0 aromatic heterocycles. The largest absolute Gasteiger partial charge is 0.355 e. The van der Waals surface area contributed by atoms with Gasteiger partial charge in [-0.15, -0.1) is 0 Å². The van der Waals surface area contributed by atoms with E-state index < -0.39 is 22.0 Å². The Labute approximate surface area is 191 Å². The highest BCUT2D eigenvalue weighted by Crippen LogP contribution is 2.31. The van der Waals surface area contributed by atoms with Gasteiger partial charge in [0.2, 0.25) is 15.9 Å². The summed E-state index contributed by atoms with van der Waals surface area (Å²) in [6, 6.07) is 11.4. The molecule has 1 fully saturated rings. The van der Waals surface area contributed by atoms with Gasteiger partial charge in [0.25, 0.3) is 0 Å². The first-order valence-electron chi connectivity index (χ1n) is 10.5. The molecule has 9 heteroatoms. The Hall–Kier alpha value is -2.55. The number of ketones is 2. The fraction of sp³-hybridized carbons (Fsp3) is 0.348.